The number of carbonyl (C=O) groups is 1. The minimum atomic E-state index is -5.83. The van der Waals surface area contributed by atoms with Crippen molar-refractivity contribution in [3.63, 3.8) is 0 Å². The molecule has 2 aliphatic rings. The maximum atomic E-state index is 13.1. The molecule has 0 radical (unpaired) electrons. The van der Waals surface area contributed by atoms with Gasteiger partial charge in [0.25, 0.3) is 5.60 Å². The van der Waals surface area contributed by atoms with Crippen molar-refractivity contribution in [2.75, 3.05) is 0 Å². The summed E-state index contributed by atoms with van der Waals surface area (Å²) < 4.78 is 83.7. The number of fused-ring (bicyclic) bond motifs is 2. The van der Waals surface area contributed by atoms with E-state index in [0.717, 1.165) is 6.08 Å². The number of aliphatic hydroxyl groups is 1. The van der Waals surface area contributed by atoms with Crippen molar-refractivity contribution in [1.82, 2.24) is 0 Å². The number of hydrogen-bond donors (Lipinski definition) is 1. The zero-order chi connectivity index (χ0) is 18.6. The van der Waals surface area contributed by atoms with E-state index in [2.05, 4.69) is 6.58 Å². The van der Waals surface area contributed by atoms with Crippen LogP contribution in [0, 0.1) is 17.8 Å². The van der Waals surface area contributed by atoms with E-state index in [9.17, 15) is 36.2 Å². The van der Waals surface area contributed by atoms with Crippen molar-refractivity contribution >= 4 is 5.97 Å². The van der Waals surface area contributed by atoms with E-state index in [1.807, 2.05) is 0 Å². The van der Waals surface area contributed by atoms with E-state index < -0.39 is 53.7 Å². The molecular weight excluding hydrogens is 342 g/mol. The third-order valence-corrected chi connectivity index (χ3v) is 5.12. The van der Waals surface area contributed by atoms with Gasteiger partial charge in [0.1, 0.15) is 5.60 Å². The molecule has 0 aromatic carbocycles. The smallest absolute Gasteiger partial charge is 0.426 e. The fourth-order valence-corrected chi connectivity index (χ4v) is 4.34. The minimum Gasteiger partial charge on any atom is -0.456 e. The van der Waals surface area contributed by atoms with Crippen molar-refractivity contribution in [3.05, 3.63) is 12.7 Å². The summed E-state index contributed by atoms with van der Waals surface area (Å²) in [4.78, 5) is 11.4. The maximum absolute atomic E-state index is 13.1. The third-order valence-electron chi connectivity index (χ3n) is 5.12. The van der Waals surface area contributed by atoms with E-state index in [0.29, 0.717) is 0 Å². The third kappa shape index (κ3) is 3.02. The molecule has 2 rings (SSSR count). The van der Waals surface area contributed by atoms with Crippen LogP contribution in [0.1, 0.15) is 32.6 Å². The summed E-state index contributed by atoms with van der Waals surface area (Å²) in [5, 5.41) is 9.66. The lowest BCUT2D eigenvalue weighted by atomic mass is 9.73. The minimum absolute atomic E-state index is 0.139. The molecule has 2 aliphatic carbocycles. The molecule has 3 nitrogen and oxygen atoms in total. The highest BCUT2D eigenvalue weighted by Crippen LogP contribution is 2.60. The molecule has 0 aromatic heterocycles. The van der Waals surface area contributed by atoms with Crippen LogP contribution in [0.4, 0.5) is 26.3 Å². The van der Waals surface area contributed by atoms with Crippen LogP contribution < -0.4 is 0 Å². The van der Waals surface area contributed by atoms with E-state index in [-0.39, 0.29) is 19.3 Å². The molecule has 0 spiro atoms. The first-order chi connectivity index (χ1) is 10.7. The van der Waals surface area contributed by atoms with Gasteiger partial charge in [0.15, 0.2) is 0 Å². The Morgan fingerprint density at radius 2 is 1.71 bits per heavy atom. The van der Waals surface area contributed by atoms with Gasteiger partial charge in [-0.2, -0.15) is 26.3 Å². The van der Waals surface area contributed by atoms with Crippen molar-refractivity contribution in [1.29, 1.82) is 0 Å². The molecule has 0 heterocycles. The second kappa shape index (κ2) is 5.64. The summed E-state index contributed by atoms with van der Waals surface area (Å²) in [6.07, 6.45) is -11.1. The van der Waals surface area contributed by atoms with Crippen molar-refractivity contribution in [3.8, 4) is 0 Å². The molecule has 9 heteroatoms. The molecule has 0 saturated heterocycles. The van der Waals surface area contributed by atoms with Gasteiger partial charge in [-0.25, -0.2) is 4.79 Å². The molecule has 2 fully saturated rings. The van der Waals surface area contributed by atoms with Crippen LogP contribution in [0.15, 0.2) is 12.7 Å². The Morgan fingerprint density at radius 1 is 1.17 bits per heavy atom. The van der Waals surface area contributed by atoms with E-state index >= 15 is 0 Å². The Kier molecular flexibility index (Phi) is 4.48. The molecule has 0 aromatic rings. The zero-order valence-electron chi connectivity index (χ0n) is 12.9. The van der Waals surface area contributed by atoms with E-state index in [4.69, 9.17) is 4.74 Å². The fourth-order valence-electron chi connectivity index (χ4n) is 4.34. The fraction of sp³-hybridized carbons (Fsp3) is 0.800. The number of halogens is 6. The molecule has 4 unspecified atom stereocenters. The van der Waals surface area contributed by atoms with Gasteiger partial charge in [-0.05, 0) is 44.4 Å². The standard InChI is InChI=1S/C15H18F6O3/c1-3-11(22)24-12(2)6-8-4-9(7-12)10(5-8)13(23,14(16,17)18)15(19,20)21/h3,8-10,23H,1,4-7H2,2H3. The average Bonchev–Trinajstić information content (AvgIpc) is 2.70. The molecule has 0 aliphatic heterocycles. The molecule has 2 saturated carbocycles. The lowest BCUT2D eigenvalue weighted by Gasteiger charge is -2.41. The van der Waals surface area contributed by atoms with Gasteiger partial charge in [0.05, 0.1) is 0 Å². The molecule has 138 valence electrons. The van der Waals surface area contributed by atoms with Crippen LogP contribution in [0.25, 0.3) is 0 Å². The lowest BCUT2D eigenvalue weighted by molar-refractivity contribution is -0.388. The predicted octanol–water partition coefficient (Wildman–Crippen LogP) is 3.77. The normalized spacial score (nSPS) is 34.1. The van der Waals surface area contributed by atoms with Crippen LogP contribution in [0.5, 0.6) is 0 Å². The Bertz CT molecular complexity index is 512. The van der Waals surface area contributed by atoms with E-state index in [1.54, 1.807) is 0 Å². The zero-order valence-corrected chi connectivity index (χ0v) is 12.9. The topological polar surface area (TPSA) is 46.5 Å². The van der Waals surface area contributed by atoms with Gasteiger partial charge in [-0.15, -0.1) is 0 Å². The van der Waals surface area contributed by atoms with Gasteiger partial charge in [-0.3, -0.25) is 0 Å². The molecular formula is C15H18F6O3. The van der Waals surface area contributed by atoms with Gasteiger partial charge >= 0.3 is 18.3 Å². The van der Waals surface area contributed by atoms with E-state index in [1.165, 1.54) is 6.92 Å². The number of carbonyl (C=O) groups excluding carboxylic acids is 1. The van der Waals surface area contributed by atoms with Crippen LogP contribution in [0.3, 0.4) is 0 Å². The summed E-state index contributed by atoms with van der Waals surface area (Å²) in [5.41, 5.74) is -5.92. The number of alkyl halides is 6. The Labute approximate surface area is 134 Å². The second-order valence-electron chi connectivity index (χ2n) is 6.95. The highest BCUT2D eigenvalue weighted by Gasteiger charge is 2.76. The Hall–Kier alpha value is -1.25. The number of hydrogen-bond acceptors (Lipinski definition) is 3. The summed E-state index contributed by atoms with van der Waals surface area (Å²) in [6.45, 7) is 4.70. The lowest BCUT2D eigenvalue weighted by Crippen LogP contribution is -2.62. The monoisotopic (exact) mass is 360 g/mol. The highest BCUT2D eigenvalue weighted by atomic mass is 19.4. The molecule has 24 heavy (non-hydrogen) atoms. The van der Waals surface area contributed by atoms with Crippen LogP contribution >= 0.6 is 0 Å². The first-order valence-corrected chi connectivity index (χ1v) is 7.45. The van der Waals surface area contributed by atoms with Gasteiger partial charge in [-0.1, -0.05) is 6.58 Å². The van der Waals surface area contributed by atoms with Gasteiger partial charge < -0.3 is 9.84 Å². The first kappa shape index (κ1) is 19.1. The number of rotatable bonds is 3. The summed E-state index contributed by atoms with van der Waals surface area (Å²) in [6, 6.07) is 0. The maximum Gasteiger partial charge on any atom is 0.426 e. The Morgan fingerprint density at radius 3 is 2.17 bits per heavy atom. The Balaban J connectivity index is 2.32. The van der Waals surface area contributed by atoms with Crippen molar-refractivity contribution < 1.29 is 41.0 Å². The molecule has 0 amide bonds. The summed E-state index contributed by atoms with van der Waals surface area (Å²) >= 11 is 0. The van der Waals surface area contributed by atoms with Crippen molar-refractivity contribution in [2.24, 2.45) is 17.8 Å². The molecule has 2 bridgehead atoms. The predicted molar refractivity (Wildman–Crippen MR) is 70.7 cm³/mol. The van der Waals surface area contributed by atoms with Gasteiger partial charge in [0.2, 0.25) is 0 Å². The van der Waals surface area contributed by atoms with Crippen LogP contribution in [0.2, 0.25) is 0 Å². The SMILES string of the molecule is C=CC(=O)OC1(C)CC2CC(C1)C(C(O)(C(F)(F)F)C(F)(F)F)C2. The summed E-state index contributed by atoms with van der Waals surface area (Å²) in [7, 11) is 0. The molecule has 1 N–H and O–H groups in total. The van der Waals surface area contributed by atoms with Crippen LogP contribution in [-0.4, -0.2) is 34.6 Å². The quantitative estimate of drug-likeness (QED) is 0.474. The van der Waals surface area contributed by atoms with Gasteiger partial charge in [0, 0.05) is 12.0 Å². The highest BCUT2D eigenvalue weighted by molar-refractivity contribution is 5.81. The summed E-state index contributed by atoms with van der Waals surface area (Å²) in [5.74, 6) is -4.31. The largest absolute Gasteiger partial charge is 0.456 e. The first-order valence-electron chi connectivity index (χ1n) is 7.45. The number of esters is 1. The average molecular weight is 360 g/mol. The van der Waals surface area contributed by atoms with Crippen molar-refractivity contribution in [2.45, 2.75) is 56.2 Å². The molecule has 4 atom stereocenters. The second-order valence-corrected chi connectivity index (χ2v) is 6.95. The number of ether oxygens (including phenoxy) is 1. The van der Waals surface area contributed by atoms with Crippen LogP contribution in [-0.2, 0) is 9.53 Å².